The number of rotatable bonds is 9. The molecule has 2 aliphatic rings. The molecule has 1 spiro atoms. The minimum absolute atomic E-state index is 0.250. The van der Waals surface area contributed by atoms with Crippen molar-refractivity contribution < 1.29 is 29.0 Å². The predicted molar refractivity (Wildman–Crippen MR) is 118 cm³/mol. The average Bonchev–Trinajstić information content (AvgIpc) is 3.15. The molecular formula is C24H34N2O6. The summed E-state index contributed by atoms with van der Waals surface area (Å²) < 4.78 is 10.8. The van der Waals surface area contributed by atoms with Gasteiger partial charge < -0.3 is 19.5 Å². The van der Waals surface area contributed by atoms with Gasteiger partial charge in [0, 0.05) is 18.6 Å². The standard InChI is InChI=1S/C24H34N2O6/c1-3-32-23(30)19(11-10-18-8-5-4-6-9-18)25-17(2)21(27)26-14-13-24(20(26)22(28)29)12-7-15-31-16-24/h4-6,8-9,17,19-20,25H,3,7,10-16H2,1-2H3,(H,28,29)/t17-,19-,20?,24?/m0/s1. The Bertz CT molecular complexity index is 793. The van der Waals surface area contributed by atoms with E-state index in [2.05, 4.69) is 5.32 Å². The molecule has 1 aromatic rings. The summed E-state index contributed by atoms with van der Waals surface area (Å²) in [6.07, 6.45) is 3.26. The van der Waals surface area contributed by atoms with E-state index in [0.717, 1.165) is 18.4 Å². The quantitative estimate of drug-likeness (QED) is 0.559. The molecule has 8 nitrogen and oxygen atoms in total. The van der Waals surface area contributed by atoms with E-state index in [1.165, 1.54) is 4.90 Å². The van der Waals surface area contributed by atoms with Gasteiger partial charge in [0.2, 0.25) is 5.91 Å². The first kappa shape index (κ1) is 24.2. The van der Waals surface area contributed by atoms with E-state index in [1.54, 1.807) is 13.8 Å². The second kappa shape index (κ2) is 10.9. The van der Waals surface area contributed by atoms with E-state index in [0.29, 0.717) is 39.0 Å². The van der Waals surface area contributed by atoms with Gasteiger partial charge in [-0.1, -0.05) is 30.3 Å². The van der Waals surface area contributed by atoms with Crippen molar-refractivity contribution in [3.8, 4) is 0 Å². The van der Waals surface area contributed by atoms with E-state index in [9.17, 15) is 19.5 Å². The number of esters is 1. The summed E-state index contributed by atoms with van der Waals surface area (Å²) >= 11 is 0. The normalized spacial score (nSPS) is 24.8. The number of carbonyl (C=O) groups excluding carboxylic acids is 2. The van der Waals surface area contributed by atoms with E-state index >= 15 is 0 Å². The zero-order valence-electron chi connectivity index (χ0n) is 18.9. The Hall–Kier alpha value is -2.45. The number of benzene rings is 1. The minimum Gasteiger partial charge on any atom is -0.480 e. The van der Waals surface area contributed by atoms with Gasteiger partial charge in [0.05, 0.1) is 19.3 Å². The number of carboxylic acids is 1. The van der Waals surface area contributed by atoms with Crippen LogP contribution in [0.4, 0.5) is 0 Å². The zero-order chi connectivity index (χ0) is 23.1. The maximum atomic E-state index is 13.3. The number of aliphatic carboxylic acids is 1. The molecule has 4 atom stereocenters. The van der Waals surface area contributed by atoms with Gasteiger partial charge >= 0.3 is 11.9 Å². The lowest BCUT2D eigenvalue weighted by molar-refractivity contribution is -0.156. The molecule has 1 aromatic carbocycles. The number of hydrogen-bond donors (Lipinski definition) is 2. The van der Waals surface area contributed by atoms with E-state index in [4.69, 9.17) is 9.47 Å². The molecule has 32 heavy (non-hydrogen) atoms. The fourth-order valence-corrected chi connectivity index (χ4v) is 4.95. The van der Waals surface area contributed by atoms with Gasteiger partial charge in [-0.25, -0.2) is 4.79 Å². The Balaban J connectivity index is 1.69. The highest BCUT2D eigenvalue weighted by atomic mass is 16.5. The largest absolute Gasteiger partial charge is 0.480 e. The molecule has 3 rings (SSSR count). The first-order valence-corrected chi connectivity index (χ1v) is 11.5. The zero-order valence-corrected chi connectivity index (χ0v) is 18.9. The first-order valence-electron chi connectivity index (χ1n) is 11.5. The van der Waals surface area contributed by atoms with E-state index < -0.39 is 35.5 Å². The molecule has 2 N–H and O–H groups in total. The van der Waals surface area contributed by atoms with E-state index in [1.807, 2.05) is 30.3 Å². The van der Waals surface area contributed by atoms with Gasteiger partial charge in [0.1, 0.15) is 12.1 Å². The molecule has 2 fully saturated rings. The van der Waals surface area contributed by atoms with Crippen LogP contribution in [-0.2, 0) is 30.3 Å². The van der Waals surface area contributed by atoms with Crippen molar-refractivity contribution in [2.75, 3.05) is 26.4 Å². The Kier molecular flexibility index (Phi) is 8.26. The molecule has 0 radical (unpaired) electrons. The van der Waals surface area contributed by atoms with Crippen LogP contribution in [0.25, 0.3) is 0 Å². The summed E-state index contributed by atoms with van der Waals surface area (Å²) in [5.41, 5.74) is 0.556. The topological polar surface area (TPSA) is 105 Å². The number of ether oxygens (including phenoxy) is 2. The first-order chi connectivity index (χ1) is 15.4. The molecular weight excluding hydrogens is 412 g/mol. The van der Waals surface area contributed by atoms with Gasteiger partial charge in [-0.3, -0.25) is 14.9 Å². The highest BCUT2D eigenvalue weighted by Gasteiger charge is 2.54. The fourth-order valence-electron chi connectivity index (χ4n) is 4.95. The Morgan fingerprint density at radius 3 is 2.66 bits per heavy atom. The summed E-state index contributed by atoms with van der Waals surface area (Å²) in [6, 6.07) is 7.51. The van der Waals surface area contributed by atoms with Crippen LogP contribution < -0.4 is 5.32 Å². The molecule has 0 aromatic heterocycles. The number of nitrogens with one attached hydrogen (secondary N) is 1. The van der Waals surface area contributed by atoms with Crippen LogP contribution in [0.5, 0.6) is 0 Å². The monoisotopic (exact) mass is 446 g/mol. The lowest BCUT2D eigenvalue weighted by atomic mass is 9.76. The number of aryl methyl sites for hydroxylation is 1. The molecule has 1 amide bonds. The molecule has 0 bridgehead atoms. The van der Waals surface area contributed by atoms with Gasteiger partial charge in [-0.15, -0.1) is 0 Å². The summed E-state index contributed by atoms with van der Waals surface area (Å²) in [4.78, 5) is 39.4. The van der Waals surface area contributed by atoms with Crippen LogP contribution in [0.15, 0.2) is 30.3 Å². The highest BCUT2D eigenvalue weighted by Crippen LogP contribution is 2.43. The fraction of sp³-hybridized carbons (Fsp3) is 0.625. The van der Waals surface area contributed by atoms with Crippen molar-refractivity contribution in [2.45, 2.75) is 64.1 Å². The maximum Gasteiger partial charge on any atom is 0.327 e. The lowest BCUT2D eigenvalue weighted by Crippen LogP contribution is -2.56. The van der Waals surface area contributed by atoms with Crippen LogP contribution >= 0.6 is 0 Å². The molecule has 0 aliphatic carbocycles. The number of amides is 1. The van der Waals surface area contributed by atoms with Crippen molar-refractivity contribution in [1.82, 2.24) is 10.2 Å². The third-order valence-corrected chi connectivity index (χ3v) is 6.57. The minimum atomic E-state index is -1.00. The van der Waals surface area contributed by atoms with Crippen LogP contribution in [0.3, 0.4) is 0 Å². The maximum absolute atomic E-state index is 13.3. The third-order valence-electron chi connectivity index (χ3n) is 6.57. The average molecular weight is 447 g/mol. The highest BCUT2D eigenvalue weighted by molar-refractivity contribution is 5.88. The van der Waals surface area contributed by atoms with Gasteiger partial charge in [-0.2, -0.15) is 0 Å². The van der Waals surface area contributed by atoms with Crippen molar-refractivity contribution in [3.63, 3.8) is 0 Å². The molecule has 2 heterocycles. The second-order valence-corrected chi connectivity index (χ2v) is 8.76. The summed E-state index contributed by atoms with van der Waals surface area (Å²) in [6.45, 7) is 5.03. The number of carboxylic acid groups (broad SMARTS) is 1. The van der Waals surface area contributed by atoms with Crippen LogP contribution in [-0.4, -0.2) is 72.3 Å². The Labute approximate surface area is 189 Å². The van der Waals surface area contributed by atoms with E-state index in [-0.39, 0.29) is 12.5 Å². The summed E-state index contributed by atoms with van der Waals surface area (Å²) in [5.74, 6) is -1.72. The number of nitrogens with zero attached hydrogens (tertiary/aromatic N) is 1. The van der Waals surface area contributed by atoms with Gasteiger partial charge in [0.15, 0.2) is 0 Å². The van der Waals surface area contributed by atoms with Crippen molar-refractivity contribution in [2.24, 2.45) is 5.41 Å². The predicted octanol–water partition coefficient (Wildman–Crippen LogP) is 2.01. The van der Waals surface area contributed by atoms with Crippen molar-refractivity contribution in [1.29, 1.82) is 0 Å². The van der Waals surface area contributed by atoms with Crippen molar-refractivity contribution in [3.05, 3.63) is 35.9 Å². The Morgan fingerprint density at radius 1 is 1.28 bits per heavy atom. The van der Waals surface area contributed by atoms with Crippen LogP contribution in [0.1, 0.15) is 45.1 Å². The van der Waals surface area contributed by atoms with Crippen LogP contribution in [0, 0.1) is 5.41 Å². The molecule has 176 valence electrons. The molecule has 2 aliphatic heterocycles. The van der Waals surface area contributed by atoms with Gasteiger partial charge in [0.25, 0.3) is 0 Å². The number of hydrogen-bond acceptors (Lipinski definition) is 6. The summed E-state index contributed by atoms with van der Waals surface area (Å²) in [7, 11) is 0. The number of carbonyl (C=O) groups is 3. The third kappa shape index (κ3) is 5.48. The SMILES string of the molecule is CCOC(=O)[C@H](CCc1ccccc1)N[C@@H](C)C(=O)N1CCC2(CCCOC2)C1C(=O)O. The van der Waals surface area contributed by atoms with Gasteiger partial charge in [-0.05, 0) is 51.5 Å². The molecule has 0 saturated carbocycles. The van der Waals surface area contributed by atoms with Crippen LogP contribution in [0.2, 0.25) is 0 Å². The number of likely N-dealkylation sites (tertiary alicyclic amines) is 1. The smallest absolute Gasteiger partial charge is 0.327 e. The van der Waals surface area contributed by atoms with Crippen molar-refractivity contribution >= 4 is 17.8 Å². The lowest BCUT2D eigenvalue weighted by Gasteiger charge is -2.38. The second-order valence-electron chi connectivity index (χ2n) is 8.76. The molecule has 8 heteroatoms. The Morgan fingerprint density at radius 2 is 2.03 bits per heavy atom. The molecule has 2 unspecified atom stereocenters. The molecule has 2 saturated heterocycles. The summed E-state index contributed by atoms with van der Waals surface area (Å²) in [5, 5.41) is 13.0.